The van der Waals surface area contributed by atoms with Gasteiger partial charge in [0.15, 0.2) is 11.5 Å². The fraction of sp³-hybridized carbons (Fsp3) is 0.227. The van der Waals surface area contributed by atoms with E-state index in [9.17, 15) is 8.42 Å². The molecule has 0 unspecified atom stereocenters. The highest BCUT2D eigenvalue weighted by atomic mass is 32.2. The minimum atomic E-state index is -3.49. The highest BCUT2D eigenvalue weighted by Gasteiger charge is 2.22. The molecule has 0 aliphatic rings. The van der Waals surface area contributed by atoms with Crippen LogP contribution in [-0.4, -0.2) is 45.6 Å². The summed E-state index contributed by atoms with van der Waals surface area (Å²) in [4.78, 5) is 0.281. The predicted molar refractivity (Wildman–Crippen MR) is 120 cm³/mol. The van der Waals surface area contributed by atoms with Gasteiger partial charge in [-0.25, -0.2) is 8.42 Å². The first kappa shape index (κ1) is 21.0. The van der Waals surface area contributed by atoms with Crippen LogP contribution < -0.4 is 5.32 Å². The molecule has 8 nitrogen and oxygen atoms in total. The van der Waals surface area contributed by atoms with Crippen LogP contribution in [0.4, 0.5) is 5.82 Å². The van der Waals surface area contributed by atoms with Crippen molar-refractivity contribution in [3.8, 4) is 11.4 Å². The van der Waals surface area contributed by atoms with Crippen LogP contribution in [0.5, 0.6) is 0 Å². The molecule has 0 fully saturated rings. The molecule has 0 radical (unpaired) electrons. The summed E-state index contributed by atoms with van der Waals surface area (Å²) in [5, 5.41) is 16.3. The van der Waals surface area contributed by atoms with E-state index < -0.39 is 10.0 Å². The number of fused-ring (bicyclic) bond motifs is 1. The number of benzene rings is 2. The van der Waals surface area contributed by atoms with E-state index in [0.717, 1.165) is 11.1 Å². The van der Waals surface area contributed by atoms with E-state index in [2.05, 4.69) is 20.6 Å². The van der Waals surface area contributed by atoms with Gasteiger partial charge in [0.2, 0.25) is 10.0 Å². The molecule has 0 saturated carbocycles. The van der Waals surface area contributed by atoms with Crippen LogP contribution in [0, 0.1) is 0 Å². The van der Waals surface area contributed by atoms with Gasteiger partial charge in [0.1, 0.15) is 5.82 Å². The van der Waals surface area contributed by atoms with Crippen LogP contribution in [0.25, 0.3) is 17.0 Å². The van der Waals surface area contributed by atoms with Crippen molar-refractivity contribution in [1.82, 2.24) is 24.1 Å². The summed E-state index contributed by atoms with van der Waals surface area (Å²) in [6, 6.07) is 20.2. The summed E-state index contributed by atoms with van der Waals surface area (Å²) in [6.45, 7) is 4.19. The van der Waals surface area contributed by atoms with Crippen molar-refractivity contribution in [1.29, 1.82) is 0 Å². The molecule has 2 aromatic heterocycles. The zero-order valence-corrected chi connectivity index (χ0v) is 18.4. The summed E-state index contributed by atoms with van der Waals surface area (Å²) in [7, 11) is -1.90. The van der Waals surface area contributed by atoms with Gasteiger partial charge in [-0.2, -0.15) is 8.82 Å². The van der Waals surface area contributed by atoms with E-state index in [1.54, 1.807) is 35.8 Å². The van der Waals surface area contributed by atoms with Crippen molar-refractivity contribution >= 4 is 21.5 Å². The highest BCUT2D eigenvalue weighted by Crippen LogP contribution is 2.19. The third kappa shape index (κ3) is 4.28. The van der Waals surface area contributed by atoms with E-state index in [1.165, 1.54) is 4.31 Å². The molecule has 0 aliphatic carbocycles. The topological polar surface area (TPSA) is 92.5 Å². The van der Waals surface area contributed by atoms with Crippen molar-refractivity contribution in [2.75, 3.05) is 12.4 Å². The fourth-order valence-corrected chi connectivity index (χ4v) is 4.43. The fourth-order valence-electron chi connectivity index (χ4n) is 3.07. The van der Waals surface area contributed by atoms with Gasteiger partial charge in [-0.1, -0.05) is 42.5 Å². The second kappa shape index (κ2) is 8.44. The van der Waals surface area contributed by atoms with E-state index in [4.69, 9.17) is 0 Å². The van der Waals surface area contributed by atoms with Crippen LogP contribution in [0.1, 0.15) is 19.4 Å². The number of aromatic nitrogens is 4. The summed E-state index contributed by atoms with van der Waals surface area (Å²) in [5.41, 5.74) is 2.54. The minimum absolute atomic E-state index is 0.106. The first-order valence-corrected chi connectivity index (χ1v) is 11.4. The smallest absolute Gasteiger partial charge is 0.243 e. The number of anilines is 1. The Kier molecular flexibility index (Phi) is 5.71. The molecular weight excluding hydrogens is 412 g/mol. The highest BCUT2D eigenvalue weighted by molar-refractivity contribution is 7.89. The molecule has 0 atom stereocenters. The standard InChI is InChI=1S/C22H24N6O2S/c1-16(2)27(3)31(29,30)19-11-9-17(10-12-19)15-23-20-13-14-21-24-25-22(28(21)26-20)18-7-5-4-6-8-18/h4-14,16H,15H2,1-3H3,(H,23,26). The summed E-state index contributed by atoms with van der Waals surface area (Å²) in [6.07, 6.45) is 0. The minimum Gasteiger partial charge on any atom is -0.365 e. The lowest BCUT2D eigenvalue weighted by atomic mass is 10.2. The van der Waals surface area contributed by atoms with Crippen molar-refractivity contribution < 1.29 is 8.42 Å². The summed E-state index contributed by atoms with van der Waals surface area (Å²) < 4.78 is 28.3. The van der Waals surface area contributed by atoms with Gasteiger partial charge in [0, 0.05) is 25.2 Å². The number of rotatable bonds is 7. The van der Waals surface area contributed by atoms with Gasteiger partial charge in [-0.15, -0.1) is 15.3 Å². The molecule has 4 rings (SSSR count). The van der Waals surface area contributed by atoms with Crippen molar-refractivity contribution in [2.45, 2.75) is 31.3 Å². The molecule has 1 N–H and O–H groups in total. The van der Waals surface area contributed by atoms with Gasteiger partial charge in [0.05, 0.1) is 4.90 Å². The maximum absolute atomic E-state index is 12.6. The molecule has 0 bridgehead atoms. The van der Waals surface area contributed by atoms with E-state index in [0.29, 0.717) is 23.8 Å². The SMILES string of the molecule is CC(C)N(C)S(=O)(=O)c1ccc(CNc2ccc3nnc(-c4ccccc4)n3n2)cc1. The second-order valence-electron chi connectivity index (χ2n) is 7.49. The Bertz CT molecular complexity index is 1280. The van der Waals surface area contributed by atoms with Gasteiger partial charge in [0.25, 0.3) is 0 Å². The monoisotopic (exact) mass is 436 g/mol. The number of sulfonamides is 1. The maximum Gasteiger partial charge on any atom is 0.243 e. The van der Waals surface area contributed by atoms with Crippen LogP contribution in [-0.2, 0) is 16.6 Å². The Morgan fingerprint density at radius 3 is 2.35 bits per heavy atom. The van der Waals surface area contributed by atoms with E-state index >= 15 is 0 Å². The van der Waals surface area contributed by atoms with E-state index in [1.807, 2.05) is 56.3 Å². The van der Waals surface area contributed by atoms with Gasteiger partial charge in [-0.05, 0) is 43.7 Å². The Labute approximate surface area is 181 Å². The molecule has 0 aliphatic heterocycles. The number of nitrogens with one attached hydrogen (secondary N) is 1. The van der Waals surface area contributed by atoms with Gasteiger partial charge in [-0.3, -0.25) is 0 Å². The Morgan fingerprint density at radius 1 is 0.968 bits per heavy atom. The van der Waals surface area contributed by atoms with Crippen LogP contribution in [0.2, 0.25) is 0 Å². The van der Waals surface area contributed by atoms with Crippen molar-refractivity contribution in [3.05, 3.63) is 72.3 Å². The average molecular weight is 437 g/mol. The van der Waals surface area contributed by atoms with Crippen LogP contribution in [0.15, 0.2) is 71.6 Å². The molecule has 4 aromatic rings. The van der Waals surface area contributed by atoms with E-state index in [-0.39, 0.29) is 10.9 Å². The van der Waals surface area contributed by atoms with Crippen molar-refractivity contribution in [3.63, 3.8) is 0 Å². The molecule has 0 saturated heterocycles. The van der Waals surface area contributed by atoms with Crippen LogP contribution >= 0.6 is 0 Å². The molecule has 2 aromatic carbocycles. The summed E-state index contributed by atoms with van der Waals surface area (Å²) >= 11 is 0. The lowest BCUT2D eigenvalue weighted by Gasteiger charge is -2.21. The van der Waals surface area contributed by atoms with Crippen LogP contribution in [0.3, 0.4) is 0 Å². The Morgan fingerprint density at radius 2 is 1.68 bits per heavy atom. The van der Waals surface area contributed by atoms with Gasteiger partial charge >= 0.3 is 0 Å². The molecule has 31 heavy (non-hydrogen) atoms. The number of nitrogens with zero attached hydrogens (tertiary/aromatic N) is 5. The first-order valence-electron chi connectivity index (χ1n) is 9.95. The zero-order chi connectivity index (χ0) is 22.0. The molecule has 9 heteroatoms. The molecule has 160 valence electrons. The zero-order valence-electron chi connectivity index (χ0n) is 17.6. The quantitative estimate of drug-likeness (QED) is 0.477. The number of hydrogen-bond acceptors (Lipinski definition) is 6. The Hall–Kier alpha value is -3.30. The largest absolute Gasteiger partial charge is 0.365 e. The second-order valence-corrected chi connectivity index (χ2v) is 9.49. The number of hydrogen-bond donors (Lipinski definition) is 1. The summed E-state index contributed by atoms with van der Waals surface area (Å²) in [5.74, 6) is 1.34. The third-order valence-electron chi connectivity index (χ3n) is 5.10. The normalized spacial score (nSPS) is 12.0. The average Bonchev–Trinajstić information content (AvgIpc) is 3.21. The molecule has 2 heterocycles. The predicted octanol–water partition coefficient (Wildman–Crippen LogP) is 3.43. The molecule has 0 amide bonds. The third-order valence-corrected chi connectivity index (χ3v) is 7.14. The first-order chi connectivity index (χ1) is 14.9. The Balaban J connectivity index is 1.51. The lowest BCUT2D eigenvalue weighted by Crippen LogP contribution is -2.33. The molecular formula is C22H24N6O2S. The van der Waals surface area contributed by atoms with Crippen molar-refractivity contribution in [2.24, 2.45) is 0 Å². The molecule has 0 spiro atoms. The maximum atomic E-state index is 12.6. The lowest BCUT2D eigenvalue weighted by molar-refractivity contribution is 0.410. The van der Waals surface area contributed by atoms with Gasteiger partial charge < -0.3 is 5.32 Å².